The molecule has 0 aliphatic carbocycles. The Hall–Kier alpha value is -1.14. The lowest BCUT2D eigenvalue weighted by atomic mass is 10.0. The van der Waals surface area contributed by atoms with Crippen LogP contribution in [0.3, 0.4) is 0 Å². The van der Waals surface area contributed by atoms with Crippen LogP contribution in [0.4, 0.5) is 0 Å². The summed E-state index contributed by atoms with van der Waals surface area (Å²) in [5.41, 5.74) is 5.09. The molecule has 0 aromatic heterocycles. The summed E-state index contributed by atoms with van der Waals surface area (Å²) in [5.74, 6) is -1.40. The van der Waals surface area contributed by atoms with Crippen LogP contribution in [0.1, 0.15) is 12.8 Å². The molecule has 0 aromatic carbocycles. The molecule has 6 heteroatoms. The van der Waals surface area contributed by atoms with Crippen molar-refractivity contribution in [2.75, 3.05) is 26.2 Å². The molecule has 1 saturated heterocycles. The van der Waals surface area contributed by atoms with Gasteiger partial charge in [-0.25, -0.2) is 0 Å². The van der Waals surface area contributed by atoms with Gasteiger partial charge in [0.1, 0.15) is 0 Å². The van der Waals surface area contributed by atoms with Crippen molar-refractivity contribution in [2.24, 2.45) is 5.73 Å². The summed E-state index contributed by atoms with van der Waals surface area (Å²) >= 11 is 0. The van der Waals surface area contributed by atoms with Crippen LogP contribution >= 0.6 is 0 Å². The lowest BCUT2D eigenvalue weighted by Gasteiger charge is -2.32. The molecule has 86 valence electrons. The van der Waals surface area contributed by atoms with Gasteiger partial charge in [-0.05, 0) is 25.9 Å². The highest BCUT2D eigenvalue weighted by molar-refractivity contribution is 5.77. The van der Waals surface area contributed by atoms with E-state index in [-0.39, 0.29) is 19.1 Å². The van der Waals surface area contributed by atoms with Crippen molar-refractivity contribution in [3.8, 4) is 0 Å². The fourth-order valence-corrected chi connectivity index (χ4v) is 1.86. The first-order chi connectivity index (χ1) is 7.09. The zero-order chi connectivity index (χ0) is 11.3. The van der Waals surface area contributed by atoms with Crippen LogP contribution in [-0.4, -0.2) is 54.1 Å². The number of nitrogens with two attached hydrogens (primary N) is 1. The highest BCUT2D eigenvalue weighted by atomic mass is 16.4. The molecule has 0 spiro atoms. The molecule has 1 heterocycles. The molecule has 1 amide bonds. The average Bonchev–Trinajstić information content (AvgIpc) is 2.17. The molecule has 0 bridgehead atoms. The van der Waals surface area contributed by atoms with Crippen molar-refractivity contribution in [1.29, 1.82) is 0 Å². The first kappa shape index (κ1) is 11.9. The van der Waals surface area contributed by atoms with Crippen molar-refractivity contribution < 1.29 is 14.7 Å². The smallest absolute Gasteiger partial charge is 0.317 e. The summed E-state index contributed by atoms with van der Waals surface area (Å²) in [5, 5.41) is 11.9. The Morgan fingerprint density at radius 1 is 1.33 bits per heavy atom. The Bertz CT molecular complexity index is 223. The first-order valence-electron chi connectivity index (χ1n) is 5.04. The molecule has 6 nitrogen and oxygen atoms in total. The zero-order valence-corrected chi connectivity index (χ0v) is 8.61. The van der Waals surface area contributed by atoms with Crippen LogP contribution in [0.2, 0.25) is 0 Å². The van der Waals surface area contributed by atoms with Crippen LogP contribution in [-0.2, 0) is 9.59 Å². The van der Waals surface area contributed by atoms with Crippen LogP contribution in [0.15, 0.2) is 0 Å². The Kier molecular flexibility index (Phi) is 4.51. The first-order valence-corrected chi connectivity index (χ1v) is 5.04. The van der Waals surface area contributed by atoms with Crippen LogP contribution in [0.25, 0.3) is 0 Å². The summed E-state index contributed by atoms with van der Waals surface area (Å²) in [6.07, 6.45) is 1.72. The topological polar surface area (TPSA) is 95.7 Å². The third-order valence-corrected chi connectivity index (χ3v) is 2.52. The van der Waals surface area contributed by atoms with E-state index in [2.05, 4.69) is 5.32 Å². The van der Waals surface area contributed by atoms with Crippen LogP contribution < -0.4 is 11.1 Å². The van der Waals surface area contributed by atoms with Crippen molar-refractivity contribution in [3.05, 3.63) is 0 Å². The van der Waals surface area contributed by atoms with E-state index >= 15 is 0 Å². The van der Waals surface area contributed by atoms with Crippen molar-refractivity contribution >= 4 is 11.9 Å². The van der Waals surface area contributed by atoms with Gasteiger partial charge in [0.15, 0.2) is 0 Å². The van der Waals surface area contributed by atoms with E-state index in [1.54, 1.807) is 4.90 Å². The molecule has 0 radical (unpaired) electrons. The van der Waals surface area contributed by atoms with Gasteiger partial charge >= 0.3 is 5.97 Å². The van der Waals surface area contributed by atoms with E-state index in [1.165, 1.54) is 0 Å². The molecule has 1 aliphatic rings. The second-order valence-corrected chi connectivity index (χ2v) is 3.75. The van der Waals surface area contributed by atoms with Gasteiger partial charge in [0.05, 0.1) is 13.1 Å². The van der Waals surface area contributed by atoms with Crippen molar-refractivity contribution in [3.63, 3.8) is 0 Å². The molecule has 15 heavy (non-hydrogen) atoms. The van der Waals surface area contributed by atoms with E-state index in [1.807, 2.05) is 0 Å². The number of nitrogens with zero attached hydrogens (tertiary/aromatic N) is 1. The predicted octanol–water partition coefficient (Wildman–Crippen LogP) is -1.39. The van der Waals surface area contributed by atoms with Crippen LogP contribution in [0.5, 0.6) is 0 Å². The Labute approximate surface area is 88.4 Å². The molecule has 0 atom stereocenters. The fourth-order valence-electron chi connectivity index (χ4n) is 1.86. The summed E-state index contributed by atoms with van der Waals surface area (Å²) in [6.45, 7) is 1.63. The summed E-state index contributed by atoms with van der Waals surface area (Å²) in [7, 11) is 0. The maximum atomic E-state index is 10.8. The lowest BCUT2D eigenvalue weighted by Crippen LogP contribution is -2.48. The van der Waals surface area contributed by atoms with Gasteiger partial charge in [-0.15, -0.1) is 0 Å². The minimum absolute atomic E-state index is 0.0248. The largest absolute Gasteiger partial charge is 0.480 e. The number of hydrogen-bond donors (Lipinski definition) is 3. The number of piperidine rings is 1. The van der Waals surface area contributed by atoms with Gasteiger partial charge in [-0.3, -0.25) is 14.5 Å². The standard InChI is InChI=1S/C9H17N3O3/c10-8(13)5-12(6-9(14)15)7-1-3-11-4-2-7/h7,11H,1-6H2,(H2,10,13)(H,14,15). The summed E-state index contributed by atoms with van der Waals surface area (Å²) < 4.78 is 0. The lowest BCUT2D eigenvalue weighted by molar-refractivity contribution is -0.139. The number of carbonyl (C=O) groups is 2. The number of amides is 1. The number of carbonyl (C=O) groups excluding carboxylic acids is 1. The number of hydrogen-bond acceptors (Lipinski definition) is 4. The fraction of sp³-hybridized carbons (Fsp3) is 0.778. The molecular weight excluding hydrogens is 198 g/mol. The molecule has 0 aromatic rings. The minimum atomic E-state index is -0.921. The average molecular weight is 215 g/mol. The molecule has 1 fully saturated rings. The Morgan fingerprint density at radius 3 is 2.40 bits per heavy atom. The Morgan fingerprint density at radius 2 is 1.93 bits per heavy atom. The third kappa shape index (κ3) is 4.26. The monoisotopic (exact) mass is 215 g/mol. The molecular formula is C9H17N3O3. The van der Waals surface area contributed by atoms with E-state index in [0.717, 1.165) is 25.9 Å². The van der Waals surface area contributed by atoms with Gasteiger partial charge in [-0.1, -0.05) is 0 Å². The van der Waals surface area contributed by atoms with E-state index in [9.17, 15) is 9.59 Å². The third-order valence-electron chi connectivity index (χ3n) is 2.52. The van der Waals surface area contributed by atoms with E-state index < -0.39 is 11.9 Å². The number of primary amides is 1. The number of aliphatic carboxylic acids is 1. The quantitative estimate of drug-likeness (QED) is 0.525. The molecule has 1 rings (SSSR count). The van der Waals surface area contributed by atoms with Crippen LogP contribution in [0, 0.1) is 0 Å². The number of carboxylic acid groups (broad SMARTS) is 1. The van der Waals surface area contributed by atoms with Crippen molar-refractivity contribution in [2.45, 2.75) is 18.9 Å². The minimum Gasteiger partial charge on any atom is -0.480 e. The molecule has 0 saturated carbocycles. The predicted molar refractivity (Wildman–Crippen MR) is 54.3 cm³/mol. The molecule has 1 aliphatic heterocycles. The van der Waals surface area contributed by atoms with Gasteiger partial charge < -0.3 is 16.2 Å². The number of nitrogens with one attached hydrogen (secondary N) is 1. The van der Waals surface area contributed by atoms with Gasteiger partial charge in [0.2, 0.25) is 5.91 Å². The highest BCUT2D eigenvalue weighted by Gasteiger charge is 2.23. The van der Waals surface area contributed by atoms with Gasteiger partial charge in [-0.2, -0.15) is 0 Å². The van der Waals surface area contributed by atoms with Crippen molar-refractivity contribution in [1.82, 2.24) is 10.2 Å². The van der Waals surface area contributed by atoms with E-state index in [0.29, 0.717) is 0 Å². The Balaban J connectivity index is 2.52. The zero-order valence-electron chi connectivity index (χ0n) is 8.61. The SMILES string of the molecule is NC(=O)CN(CC(=O)O)C1CCNCC1. The second-order valence-electron chi connectivity index (χ2n) is 3.75. The maximum Gasteiger partial charge on any atom is 0.317 e. The van der Waals surface area contributed by atoms with Gasteiger partial charge in [0.25, 0.3) is 0 Å². The number of carboxylic acids is 1. The summed E-state index contributed by atoms with van der Waals surface area (Å²) in [6, 6.07) is 0.148. The van der Waals surface area contributed by atoms with E-state index in [4.69, 9.17) is 10.8 Å². The normalized spacial score (nSPS) is 17.9. The van der Waals surface area contributed by atoms with Gasteiger partial charge in [0, 0.05) is 6.04 Å². The maximum absolute atomic E-state index is 10.8. The molecule has 0 unspecified atom stereocenters. The summed E-state index contributed by atoms with van der Waals surface area (Å²) in [4.78, 5) is 23.1. The second kappa shape index (κ2) is 5.67. The highest BCUT2D eigenvalue weighted by Crippen LogP contribution is 2.10. The molecule has 4 N–H and O–H groups in total. The number of rotatable bonds is 5.